The highest BCUT2D eigenvalue weighted by atomic mass is 32.2. The molecule has 3 nitrogen and oxygen atoms in total. The molecule has 136 valence electrons. The summed E-state index contributed by atoms with van der Waals surface area (Å²) in [5.74, 6) is 0. The van der Waals surface area contributed by atoms with Crippen molar-refractivity contribution < 1.29 is 12.8 Å². The fraction of sp³-hybridized carbons (Fsp3) is 0.400. The molecule has 0 amide bonds. The van der Waals surface area contributed by atoms with E-state index < -0.39 is 10.0 Å². The second-order valence-corrected chi connectivity index (χ2v) is 8.07. The molecule has 0 saturated heterocycles. The number of nitrogens with one attached hydrogen (secondary N) is 1. The van der Waals surface area contributed by atoms with E-state index >= 15 is 0 Å². The van der Waals surface area contributed by atoms with Crippen molar-refractivity contribution >= 4 is 10.0 Å². The minimum Gasteiger partial charge on any atom is -0.251 e. The van der Waals surface area contributed by atoms with Crippen LogP contribution in [0.15, 0.2) is 59.5 Å². The topological polar surface area (TPSA) is 46.2 Å². The van der Waals surface area contributed by atoms with Crippen LogP contribution in [0, 0.1) is 6.92 Å². The van der Waals surface area contributed by atoms with Crippen LogP contribution in [-0.2, 0) is 16.4 Å². The van der Waals surface area contributed by atoms with Gasteiger partial charge in [-0.15, -0.1) is 0 Å². The van der Waals surface area contributed by atoms with E-state index in [0.717, 1.165) is 24.0 Å². The van der Waals surface area contributed by atoms with Gasteiger partial charge in [-0.05, 0) is 43.9 Å². The molecule has 5 heteroatoms. The Hall–Kier alpha value is -1.72. The minimum atomic E-state index is -3.56. The molecule has 2 aromatic rings. The van der Waals surface area contributed by atoms with Crippen LogP contribution in [0.25, 0.3) is 0 Å². The fourth-order valence-electron chi connectivity index (χ4n) is 2.77. The maximum absolute atomic E-state index is 12.7. The molecule has 2 rings (SSSR count). The first kappa shape index (κ1) is 19.6. The molecule has 0 aliphatic carbocycles. The largest absolute Gasteiger partial charge is 0.251 e. The van der Waals surface area contributed by atoms with Gasteiger partial charge in [0, 0.05) is 6.04 Å². The molecular weight excluding hydrogens is 337 g/mol. The van der Waals surface area contributed by atoms with Crippen molar-refractivity contribution in [2.24, 2.45) is 0 Å². The van der Waals surface area contributed by atoms with Gasteiger partial charge in [0.15, 0.2) is 0 Å². The summed E-state index contributed by atoms with van der Waals surface area (Å²) in [6.45, 7) is 1.60. The van der Waals surface area contributed by atoms with Gasteiger partial charge in [-0.2, -0.15) is 0 Å². The van der Waals surface area contributed by atoms with Crippen LogP contribution in [-0.4, -0.2) is 21.1 Å². The van der Waals surface area contributed by atoms with Gasteiger partial charge in [0.1, 0.15) is 0 Å². The monoisotopic (exact) mass is 363 g/mol. The highest BCUT2D eigenvalue weighted by Crippen LogP contribution is 2.15. The van der Waals surface area contributed by atoms with E-state index in [1.807, 2.05) is 37.3 Å². The van der Waals surface area contributed by atoms with Crippen molar-refractivity contribution in [3.8, 4) is 0 Å². The lowest BCUT2D eigenvalue weighted by Crippen LogP contribution is -2.36. The van der Waals surface area contributed by atoms with Gasteiger partial charge >= 0.3 is 0 Å². The predicted molar refractivity (Wildman–Crippen MR) is 99.9 cm³/mol. The molecule has 0 saturated carbocycles. The van der Waals surface area contributed by atoms with Crippen molar-refractivity contribution in [3.05, 3.63) is 65.7 Å². The Morgan fingerprint density at radius 2 is 1.64 bits per heavy atom. The zero-order chi connectivity index (χ0) is 18.1. The number of hydrogen-bond acceptors (Lipinski definition) is 2. The van der Waals surface area contributed by atoms with Gasteiger partial charge in [0.05, 0.1) is 11.6 Å². The molecule has 0 aromatic heterocycles. The van der Waals surface area contributed by atoms with Crippen LogP contribution < -0.4 is 4.72 Å². The summed E-state index contributed by atoms with van der Waals surface area (Å²) in [6, 6.07) is 16.5. The number of benzene rings is 2. The first-order valence-electron chi connectivity index (χ1n) is 8.70. The number of sulfonamides is 1. The van der Waals surface area contributed by atoms with Crippen LogP contribution in [0.2, 0.25) is 0 Å². The lowest BCUT2D eigenvalue weighted by molar-refractivity contribution is 0.438. The Balaban J connectivity index is 2.09. The second-order valence-electron chi connectivity index (χ2n) is 6.36. The van der Waals surface area contributed by atoms with E-state index in [1.54, 1.807) is 24.3 Å². The van der Waals surface area contributed by atoms with E-state index in [2.05, 4.69) is 4.72 Å². The smallest absolute Gasteiger partial charge is 0.240 e. The summed E-state index contributed by atoms with van der Waals surface area (Å²) in [5, 5.41) is 0. The Morgan fingerprint density at radius 1 is 0.960 bits per heavy atom. The van der Waals surface area contributed by atoms with E-state index in [1.165, 1.54) is 0 Å². The molecule has 0 aliphatic rings. The minimum absolute atomic E-state index is 0.201. The summed E-state index contributed by atoms with van der Waals surface area (Å²) in [5.41, 5.74) is 2.11. The molecule has 0 fully saturated rings. The normalized spacial score (nSPS) is 12.9. The van der Waals surface area contributed by atoms with Crippen molar-refractivity contribution in [1.82, 2.24) is 4.72 Å². The molecule has 1 N–H and O–H groups in total. The van der Waals surface area contributed by atoms with Gasteiger partial charge in [0.25, 0.3) is 0 Å². The van der Waals surface area contributed by atoms with Crippen LogP contribution in [0.4, 0.5) is 4.39 Å². The molecule has 0 bridgehead atoms. The molecular formula is C20H26FNO2S. The zero-order valence-electron chi connectivity index (χ0n) is 14.6. The summed E-state index contributed by atoms with van der Waals surface area (Å²) < 4.78 is 40.4. The van der Waals surface area contributed by atoms with Crippen LogP contribution in [0.5, 0.6) is 0 Å². The Kier molecular flexibility index (Phi) is 7.59. The predicted octanol–water partition coefficient (Wildman–Crippen LogP) is 4.41. The zero-order valence-corrected chi connectivity index (χ0v) is 15.4. The second kappa shape index (κ2) is 9.68. The lowest BCUT2D eigenvalue weighted by atomic mass is 10.0. The molecule has 0 radical (unpaired) electrons. The van der Waals surface area contributed by atoms with Crippen LogP contribution >= 0.6 is 0 Å². The summed E-state index contributed by atoms with van der Waals surface area (Å²) in [7, 11) is -3.56. The van der Waals surface area contributed by atoms with E-state index in [-0.39, 0.29) is 17.6 Å². The average molecular weight is 363 g/mol. The number of hydrogen-bond donors (Lipinski definition) is 1. The Bertz CT molecular complexity index is 730. The third-order valence-electron chi connectivity index (χ3n) is 4.16. The first-order valence-corrected chi connectivity index (χ1v) is 10.2. The van der Waals surface area contributed by atoms with Crippen molar-refractivity contribution in [2.45, 2.75) is 50.0 Å². The van der Waals surface area contributed by atoms with E-state index in [4.69, 9.17) is 0 Å². The standard InChI is InChI=1S/C20H26FNO2S/c1-17-11-13-20(14-12-17)25(23,24)22-19(10-6-3-7-15-21)16-18-8-4-2-5-9-18/h2,4-5,8-9,11-14,19,22H,3,6-7,10,15-16H2,1H3. The van der Waals surface area contributed by atoms with Gasteiger partial charge in [-0.1, -0.05) is 60.9 Å². The van der Waals surface area contributed by atoms with Gasteiger partial charge in [-0.25, -0.2) is 13.1 Å². The fourth-order valence-corrected chi connectivity index (χ4v) is 4.04. The molecule has 25 heavy (non-hydrogen) atoms. The summed E-state index contributed by atoms with van der Waals surface area (Å²) in [6.07, 6.45) is 3.43. The van der Waals surface area contributed by atoms with Gasteiger partial charge < -0.3 is 0 Å². The molecule has 2 aromatic carbocycles. The third-order valence-corrected chi connectivity index (χ3v) is 5.70. The highest BCUT2D eigenvalue weighted by molar-refractivity contribution is 7.89. The Labute approximate surface area is 150 Å². The first-order chi connectivity index (χ1) is 12.0. The van der Waals surface area contributed by atoms with E-state index in [0.29, 0.717) is 19.3 Å². The third kappa shape index (κ3) is 6.59. The summed E-state index contributed by atoms with van der Waals surface area (Å²) >= 11 is 0. The number of halogens is 1. The van der Waals surface area contributed by atoms with Gasteiger partial charge in [0.2, 0.25) is 10.0 Å². The number of unbranched alkanes of at least 4 members (excludes halogenated alkanes) is 2. The van der Waals surface area contributed by atoms with Gasteiger partial charge in [-0.3, -0.25) is 4.39 Å². The molecule has 0 heterocycles. The lowest BCUT2D eigenvalue weighted by Gasteiger charge is -2.19. The maximum atomic E-state index is 12.7. The highest BCUT2D eigenvalue weighted by Gasteiger charge is 2.20. The van der Waals surface area contributed by atoms with Crippen molar-refractivity contribution in [1.29, 1.82) is 0 Å². The quantitative estimate of drug-likeness (QED) is 0.635. The molecule has 1 unspecified atom stereocenters. The van der Waals surface area contributed by atoms with Crippen molar-refractivity contribution in [2.75, 3.05) is 6.67 Å². The number of aryl methyl sites for hydroxylation is 1. The molecule has 0 aliphatic heterocycles. The van der Waals surface area contributed by atoms with Crippen LogP contribution in [0.1, 0.15) is 36.8 Å². The number of rotatable bonds is 10. The van der Waals surface area contributed by atoms with Crippen LogP contribution in [0.3, 0.4) is 0 Å². The van der Waals surface area contributed by atoms with E-state index in [9.17, 15) is 12.8 Å². The SMILES string of the molecule is Cc1ccc(S(=O)(=O)NC(CCCCCF)Cc2ccccc2)cc1. The van der Waals surface area contributed by atoms with Crippen molar-refractivity contribution in [3.63, 3.8) is 0 Å². The molecule has 1 atom stereocenters. The summed E-state index contributed by atoms with van der Waals surface area (Å²) in [4.78, 5) is 0.278. The Morgan fingerprint density at radius 3 is 2.28 bits per heavy atom. The average Bonchev–Trinajstić information content (AvgIpc) is 2.59. The maximum Gasteiger partial charge on any atom is 0.240 e. The molecule has 0 spiro atoms. The number of alkyl halides is 1.